The molecule has 22 heavy (non-hydrogen) atoms. The zero-order valence-electron chi connectivity index (χ0n) is 14.3. The standard InChI is InChI=1S/C17H31NO3S/c1-6-15(7-2)12-22(20,21)16(10-13(3)4)11-14(5)17(19)8-9-18/h10-11,15,17,19H,3,6-9,12,18H2,1-2,4-5H3. The summed E-state index contributed by atoms with van der Waals surface area (Å²) in [5.41, 5.74) is 6.70. The molecule has 0 radical (unpaired) electrons. The van der Waals surface area contributed by atoms with Crippen LogP contribution in [0.3, 0.4) is 0 Å². The summed E-state index contributed by atoms with van der Waals surface area (Å²) in [5.74, 6) is 0.261. The van der Waals surface area contributed by atoms with Gasteiger partial charge in [0.05, 0.1) is 16.8 Å². The van der Waals surface area contributed by atoms with Crippen molar-refractivity contribution < 1.29 is 13.5 Å². The van der Waals surface area contributed by atoms with Crippen molar-refractivity contribution in [3.05, 3.63) is 34.8 Å². The van der Waals surface area contributed by atoms with Crippen molar-refractivity contribution in [2.75, 3.05) is 12.3 Å². The Labute approximate surface area is 135 Å². The molecule has 0 aromatic heterocycles. The molecule has 0 aromatic carbocycles. The number of hydrogen-bond donors (Lipinski definition) is 2. The molecule has 0 aliphatic heterocycles. The summed E-state index contributed by atoms with van der Waals surface area (Å²) in [6.45, 7) is 11.6. The number of hydrogen-bond acceptors (Lipinski definition) is 4. The molecule has 0 fully saturated rings. The molecule has 3 N–H and O–H groups in total. The second-order valence-corrected chi connectivity index (χ2v) is 7.87. The van der Waals surface area contributed by atoms with Gasteiger partial charge in [0, 0.05) is 0 Å². The topological polar surface area (TPSA) is 80.4 Å². The molecule has 0 aromatic rings. The van der Waals surface area contributed by atoms with Crippen LogP contribution in [0, 0.1) is 5.92 Å². The van der Waals surface area contributed by atoms with Crippen LogP contribution in [0.5, 0.6) is 0 Å². The highest BCUT2D eigenvalue weighted by Gasteiger charge is 2.21. The van der Waals surface area contributed by atoms with Gasteiger partial charge in [-0.15, -0.1) is 0 Å². The second kappa shape index (κ2) is 9.98. The van der Waals surface area contributed by atoms with E-state index in [-0.39, 0.29) is 16.6 Å². The Morgan fingerprint density at radius 3 is 2.18 bits per heavy atom. The van der Waals surface area contributed by atoms with E-state index in [9.17, 15) is 13.5 Å². The van der Waals surface area contributed by atoms with Crippen LogP contribution in [0.2, 0.25) is 0 Å². The Morgan fingerprint density at radius 2 is 1.77 bits per heavy atom. The Hall–Kier alpha value is -0.910. The molecule has 0 rings (SSSR count). The van der Waals surface area contributed by atoms with Gasteiger partial charge in [-0.3, -0.25) is 0 Å². The van der Waals surface area contributed by atoms with Crippen LogP contribution in [-0.2, 0) is 9.84 Å². The maximum Gasteiger partial charge on any atom is 0.178 e. The monoisotopic (exact) mass is 329 g/mol. The number of allylic oxidation sites excluding steroid dienone is 3. The number of sulfone groups is 1. The maximum atomic E-state index is 12.7. The molecular formula is C17H31NO3S. The molecule has 5 heteroatoms. The maximum absolute atomic E-state index is 12.7. The normalized spacial score (nSPS) is 15.2. The van der Waals surface area contributed by atoms with Crippen molar-refractivity contribution in [2.24, 2.45) is 11.7 Å². The molecule has 0 saturated carbocycles. The molecule has 0 bridgehead atoms. The summed E-state index contributed by atoms with van der Waals surface area (Å²) in [5, 5.41) is 9.95. The van der Waals surface area contributed by atoms with Crippen LogP contribution in [0.25, 0.3) is 0 Å². The summed E-state index contributed by atoms with van der Waals surface area (Å²) in [6.07, 6.45) is 4.46. The minimum absolute atomic E-state index is 0.121. The van der Waals surface area contributed by atoms with Gasteiger partial charge in [-0.05, 0) is 50.5 Å². The third-order valence-corrected chi connectivity index (χ3v) is 5.56. The number of aliphatic hydroxyl groups excluding tert-OH is 1. The predicted octanol–water partition coefficient (Wildman–Crippen LogP) is 2.95. The highest BCUT2D eigenvalue weighted by atomic mass is 32.2. The Morgan fingerprint density at radius 1 is 1.23 bits per heavy atom. The summed E-state index contributed by atoms with van der Waals surface area (Å²) in [7, 11) is -3.40. The molecule has 4 nitrogen and oxygen atoms in total. The highest BCUT2D eigenvalue weighted by Crippen LogP contribution is 2.21. The first-order valence-electron chi connectivity index (χ1n) is 7.84. The zero-order chi connectivity index (χ0) is 17.3. The number of nitrogens with two attached hydrogens (primary N) is 1. The van der Waals surface area contributed by atoms with E-state index in [2.05, 4.69) is 6.58 Å². The Kier molecular flexibility index (Phi) is 9.56. The predicted molar refractivity (Wildman–Crippen MR) is 94.2 cm³/mol. The zero-order valence-corrected chi connectivity index (χ0v) is 15.1. The molecule has 0 amide bonds. The van der Waals surface area contributed by atoms with E-state index in [1.165, 1.54) is 0 Å². The molecule has 0 aliphatic carbocycles. The lowest BCUT2D eigenvalue weighted by Gasteiger charge is -2.15. The third kappa shape index (κ3) is 7.38. The lowest BCUT2D eigenvalue weighted by molar-refractivity contribution is 0.203. The van der Waals surface area contributed by atoms with Gasteiger partial charge in [0.25, 0.3) is 0 Å². The Bertz CT molecular complexity index is 514. The first-order valence-corrected chi connectivity index (χ1v) is 9.49. The molecule has 0 heterocycles. The van der Waals surface area contributed by atoms with Crippen LogP contribution < -0.4 is 5.73 Å². The van der Waals surface area contributed by atoms with Gasteiger partial charge < -0.3 is 10.8 Å². The van der Waals surface area contributed by atoms with E-state index in [0.29, 0.717) is 24.1 Å². The van der Waals surface area contributed by atoms with Crippen molar-refractivity contribution in [2.45, 2.75) is 53.1 Å². The quantitative estimate of drug-likeness (QED) is 0.604. The SMILES string of the molecule is C=C(C)C=C(C=C(C)C(O)CCN)S(=O)(=O)CC(CC)CC. The van der Waals surface area contributed by atoms with Crippen LogP contribution in [-0.4, -0.2) is 31.9 Å². The highest BCUT2D eigenvalue weighted by molar-refractivity contribution is 7.95. The van der Waals surface area contributed by atoms with E-state index >= 15 is 0 Å². The lowest BCUT2D eigenvalue weighted by Crippen LogP contribution is -2.18. The largest absolute Gasteiger partial charge is 0.389 e. The first kappa shape index (κ1) is 21.1. The Balaban J connectivity index is 5.57. The summed E-state index contributed by atoms with van der Waals surface area (Å²) in [6, 6.07) is 0. The molecule has 1 unspecified atom stereocenters. The number of aliphatic hydroxyl groups is 1. The van der Waals surface area contributed by atoms with Gasteiger partial charge in [-0.1, -0.05) is 38.8 Å². The van der Waals surface area contributed by atoms with E-state index in [0.717, 1.165) is 12.8 Å². The van der Waals surface area contributed by atoms with Crippen molar-refractivity contribution >= 4 is 9.84 Å². The van der Waals surface area contributed by atoms with Gasteiger partial charge in [-0.2, -0.15) is 0 Å². The average Bonchev–Trinajstić information content (AvgIpc) is 2.43. The molecular weight excluding hydrogens is 298 g/mol. The molecule has 0 aliphatic rings. The molecule has 128 valence electrons. The van der Waals surface area contributed by atoms with Crippen LogP contribution >= 0.6 is 0 Å². The minimum atomic E-state index is -3.40. The average molecular weight is 330 g/mol. The minimum Gasteiger partial charge on any atom is -0.389 e. The number of rotatable bonds is 10. The third-order valence-electron chi connectivity index (χ3n) is 3.69. The van der Waals surface area contributed by atoms with E-state index < -0.39 is 15.9 Å². The smallest absolute Gasteiger partial charge is 0.178 e. The lowest BCUT2D eigenvalue weighted by atomic mass is 10.1. The summed E-state index contributed by atoms with van der Waals surface area (Å²) < 4.78 is 25.3. The fraction of sp³-hybridized carbons (Fsp3) is 0.647. The van der Waals surface area contributed by atoms with Crippen molar-refractivity contribution in [1.29, 1.82) is 0 Å². The van der Waals surface area contributed by atoms with Gasteiger partial charge in [-0.25, -0.2) is 8.42 Å². The fourth-order valence-electron chi connectivity index (χ4n) is 2.10. The molecule has 1 atom stereocenters. The van der Waals surface area contributed by atoms with E-state index in [1.807, 2.05) is 13.8 Å². The summed E-state index contributed by atoms with van der Waals surface area (Å²) in [4.78, 5) is 0.223. The summed E-state index contributed by atoms with van der Waals surface area (Å²) >= 11 is 0. The van der Waals surface area contributed by atoms with Crippen molar-refractivity contribution in [3.8, 4) is 0 Å². The second-order valence-electron chi connectivity index (χ2n) is 5.84. The molecule has 0 saturated heterocycles. The van der Waals surface area contributed by atoms with E-state index in [1.54, 1.807) is 26.0 Å². The van der Waals surface area contributed by atoms with Crippen molar-refractivity contribution in [3.63, 3.8) is 0 Å². The van der Waals surface area contributed by atoms with Crippen LogP contribution in [0.4, 0.5) is 0 Å². The van der Waals surface area contributed by atoms with Gasteiger partial charge in [0.1, 0.15) is 0 Å². The van der Waals surface area contributed by atoms with Crippen molar-refractivity contribution in [1.82, 2.24) is 0 Å². The van der Waals surface area contributed by atoms with Gasteiger partial charge in [0.15, 0.2) is 9.84 Å². The first-order chi connectivity index (χ1) is 10.2. The van der Waals surface area contributed by atoms with Gasteiger partial charge in [0.2, 0.25) is 0 Å². The molecule has 0 spiro atoms. The van der Waals surface area contributed by atoms with Crippen LogP contribution in [0.1, 0.15) is 47.0 Å². The fourth-order valence-corrected chi connectivity index (χ4v) is 4.13. The van der Waals surface area contributed by atoms with Crippen LogP contribution in [0.15, 0.2) is 34.8 Å². The van der Waals surface area contributed by atoms with Gasteiger partial charge >= 0.3 is 0 Å². The van der Waals surface area contributed by atoms with E-state index in [4.69, 9.17) is 5.73 Å².